The Labute approximate surface area is 150 Å². The van der Waals surface area contributed by atoms with Gasteiger partial charge in [0.05, 0.1) is 6.54 Å². The minimum Gasteiger partial charge on any atom is -0.480 e. The summed E-state index contributed by atoms with van der Waals surface area (Å²) in [4.78, 5) is 24.9. The smallest absolute Gasteiger partial charge is 0.317 e. The number of carbonyl (C=O) groups is 2. The van der Waals surface area contributed by atoms with Gasteiger partial charge < -0.3 is 15.7 Å². The summed E-state index contributed by atoms with van der Waals surface area (Å²) >= 11 is 1.68. The maximum atomic E-state index is 12.1. The first-order chi connectivity index (χ1) is 12.1. The summed E-state index contributed by atoms with van der Waals surface area (Å²) in [5.41, 5.74) is 1.13. The number of carbonyl (C=O) groups excluding carboxylic acids is 1. The summed E-state index contributed by atoms with van der Waals surface area (Å²) in [6.07, 6.45) is 1.60. The maximum absolute atomic E-state index is 12.1. The number of hydrogen-bond acceptors (Lipinski definition) is 4. The number of amides is 2. The fourth-order valence-corrected chi connectivity index (χ4v) is 4.22. The van der Waals surface area contributed by atoms with Gasteiger partial charge in [0.25, 0.3) is 0 Å². The fourth-order valence-electron chi connectivity index (χ4n) is 3.26. The Kier molecular flexibility index (Phi) is 5.55. The van der Waals surface area contributed by atoms with E-state index in [9.17, 15) is 9.59 Å². The van der Waals surface area contributed by atoms with E-state index in [1.54, 1.807) is 11.3 Å². The minimum absolute atomic E-state index is 0.0608. The van der Waals surface area contributed by atoms with Gasteiger partial charge in [0.2, 0.25) is 0 Å². The van der Waals surface area contributed by atoms with Crippen LogP contribution in [0.2, 0.25) is 0 Å². The van der Waals surface area contributed by atoms with E-state index >= 15 is 0 Å². The Balaban J connectivity index is 1.43. The van der Waals surface area contributed by atoms with Crippen molar-refractivity contribution in [1.82, 2.24) is 15.5 Å². The highest BCUT2D eigenvalue weighted by Gasteiger charge is 2.34. The molecular formula is C18H23N3O3S. The first-order valence-corrected chi connectivity index (χ1v) is 9.40. The van der Waals surface area contributed by atoms with E-state index in [1.165, 1.54) is 10.1 Å². The highest BCUT2D eigenvalue weighted by Crippen LogP contribution is 2.26. The summed E-state index contributed by atoms with van der Waals surface area (Å²) in [5, 5.41) is 18.1. The van der Waals surface area contributed by atoms with E-state index in [0.29, 0.717) is 13.1 Å². The number of likely N-dealkylation sites (N-methyl/N-ethyl adjacent to an activating group) is 1. The monoisotopic (exact) mass is 361 g/mol. The van der Waals surface area contributed by atoms with E-state index in [2.05, 4.69) is 28.1 Å². The van der Waals surface area contributed by atoms with Crippen LogP contribution in [0.15, 0.2) is 29.6 Å². The second-order valence-electron chi connectivity index (χ2n) is 6.36. The second-order valence-corrected chi connectivity index (χ2v) is 7.27. The summed E-state index contributed by atoms with van der Waals surface area (Å²) in [6, 6.07) is 8.36. The van der Waals surface area contributed by atoms with Gasteiger partial charge >= 0.3 is 12.0 Å². The molecule has 1 aromatic carbocycles. The van der Waals surface area contributed by atoms with Gasteiger partial charge in [-0.15, -0.1) is 11.3 Å². The van der Waals surface area contributed by atoms with Crippen molar-refractivity contribution in [3.8, 4) is 0 Å². The van der Waals surface area contributed by atoms with Gasteiger partial charge in [0.1, 0.15) is 0 Å². The lowest BCUT2D eigenvalue weighted by molar-refractivity contribution is -0.139. The SMILES string of the molecule is CCN(CC(=O)O)C1CC(NC(=O)NCc2csc3ccccc23)C1. The molecule has 0 saturated heterocycles. The maximum Gasteiger partial charge on any atom is 0.317 e. The number of thiophene rings is 1. The number of carboxylic acid groups (broad SMARTS) is 1. The highest BCUT2D eigenvalue weighted by molar-refractivity contribution is 7.17. The van der Waals surface area contributed by atoms with Crippen molar-refractivity contribution < 1.29 is 14.7 Å². The van der Waals surface area contributed by atoms with Crippen LogP contribution in [0.25, 0.3) is 10.1 Å². The average Bonchev–Trinajstić information content (AvgIpc) is 2.97. The molecule has 1 aliphatic carbocycles. The Morgan fingerprint density at radius 2 is 2.08 bits per heavy atom. The van der Waals surface area contributed by atoms with Crippen LogP contribution in [0.4, 0.5) is 4.79 Å². The van der Waals surface area contributed by atoms with Crippen LogP contribution in [-0.4, -0.2) is 47.2 Å². The molecule has 3 rings (SSSR count). The summed E-state index contributed by atoms with van der Waals surface area (Å²) in [5.74, 6) is -0.806. The molecule has 2 aromatic rings. The number of rotatable bonds is 7. The molecule has 6 nitrogen and oxygen atoms in total. The topological polar surface area (TPSA) is 81.7 Å². The Morgan fingerprint density at radius 3 is 2.80 bits per heavy atom. The number of carboxylic acids is 1. The molecule has 1 aliphatic rings. The largest absolute Gasteiger partial charge is 0.480 e. The Bertz CT molecular complexity index is 755. The zero-order chi connectivity index (χ0) is 17.8. The van der Waals surface area contributed by atoms with Crippen molar-refractivity contribution in [3.63, 3.8) is 0 Å². The Hall–Kier alpha value is -2.12. The van der Waals surface area contributed by atoms with Crippen LogP contribution < -0.4 is 10.6 Å². The molecule has 25 heavy (non-hydrogen) atoms. The molecule has 1 fully saturated rings. The van der Waals surface area contributed by atoms with Gasteiger partial charge in [-0.3, -0.25) is 9.69 Å². The zero-order valence-corrected chi connectivity index (χ0v) is 15.0. The minimum atomic E-state index is -0.806. The third-order valence-corrected chi connectivity index (χ3v) is 5.72. The molecule has 1 saturated carbocycles. The first kappa shape index (κ1) is 17.7. The molecule has 0 bridgehead atoms. The van der Waals surface area contributed by atoms with Crippen molar-refractivity contribution in [2.24, 2.45) is 0 Å². The van der Waals surface area contributed by atoms with Crippen molar-refractivity contribution in [1.29, 1.82) is 0 Å². The summed E-state index contributed by atoms with van der Waals surface area (Å²) in [7, 11) is 0. The number of aliphatic carboxylic acids is 1. The number of hydrogen-bond donors (Lipinski definition) is 3. The van der Waals surface area contributed by atoms with Gasteiger partial charge in [-0.25, -0.2) is 4.79 Å². The number of urea groups is 1. The Morgan fingerprint density at radius 1 is 1.32 bits per heavy atom. The molecule has 0 atom stereocenters. The van der Waals surface area contributed by atoms with Crippen molar-refractivity contribution in [2.45, 2.75) is 38.4 Å². The van der Waals surface area contributed by atoms with Gasteiger partial charge in [-0.2, -0.15) is 0 Å². The molecule has 0 radical (unpaired) electrons. The molecule has 0 unspecified atom stereocenters. The number of benzene rings is 1. The predicted octanol–water partition coefficient (Wildman–Crippen LogP) is 2.64. The van der Waals surface area contributed by atoms with E-state index in [4.69, 9.17) is 5.11 Å². The lowest BCUT2D eigenvalue weighted by atomic mass is 9.85. The summed E-state index contributed by atoms with van der Waals surface area (Å²) < 4.78 is 1.22. The van der Waals surface area contributed by atoms with Crippen LogP contribution in [0.1, 0.15) is 25.3 Å². The lowest BCUT2D eigenvalue weighted by Crippen LogP contribution is -2.56. The van der Waals surface area contributed by atoms with Gasteiger partial charge in [0, 0.05) is 23.3 Å². The number of nitrogens with one attached hydrogen (secondary N) is 2. The highest BCUT2D eigenvalue weighted by atomic mass is 32.1. The van der Waals surface area contributed by atoms with E-state index in [0.717, 1.165) is 18.4 Å². The van der Waals surface area contributed by atoms with Crippen LogP contribution in [-0.2, 0) is 11.3 Å². The molecule has 2 amide bonds. The molecular weight excluding hydrogens is 338 g/mol. The van der Waals surface area contributed by atoms with Crippen LogP contribution in [0, 0.1) is 0 Å². The molecule has 0 spiro atoms. The van der Waals surface area contributed by atoms with Gasteiger partial charge in [0.15, 0.2) is 0 Å². The standard InChI is InChI=1S/C18H23N3O3S/c1-2-21(10-17(22)23)14-7-13(8-14)20-18(24)19-9-12-11-25-16-6-4-3-5-15(12)16/h3-6,11,13-14H,2,7-10H2,1H3,(H,22,23)(H2,19,20,24). The van der Waals surface area contributed by atoms with Crippen LogP contribution in [0.5, 0.6) is 0 Å². The molecule has 1 aromatic heterocycles. The van der Waals surface area contributed by atoms with E-state index in [-0.39, 0.29) is 24.7 Å². The van der Waals surface area contributed by atoms with Gasteiger partial charge in [-0.1, -0.05) is 25.1 Å². The van der Waals surface area contributed by atoms with E-state index < -0.39 is 5.97 Å². The molecule has 7 heteroatoms. The van der Waals surface area contributed by atoms with Crippen molar-refractivity contribution in [3.05, 3.63) is 35.2 Å². The van der Waals surface area contributed by atoms with Crippen LogP contribution >= 0.6 is 11.3 Å². The quantitative estimate of drug-likeness (QED) is 0.708. The molecule has 0 aliphatic heterocycles. The zero-order valence-electron chi connectivity index (χ0n) is 14.2. The van der Waals surface area contributed by atoms with Crippen LogP contribution in [0.3, 0.4) is 0 Å². The van der Waals surface area contributed by atoms with Crippen molar-refractivity contribution in [2.75, 3.05) is 13.1 Å². The average molecular weight is 361 g/mol. The third kappa shape index (κ3) is 4.29. The molecule has 134 valence electrons. The summed E-state index contributed by atoms with van der Waals surface area (Å²) in [6.45, 7) is 3.24. The first-order valence-electron chi connectivity index (χ1n) is 8.52. The molecule has 3 N–H and O–H groups in total. The van der Waals surface area contributed by atoms with Gasteiger partial charge in [-0.05, 0) is 41.8 Å². The normalized spacial score (nSPS) is 19.6. The third-order valence-electron chi connectivity index (χ3n) is 4.71. The lowest BCUT2D eigenvalue weighted by Gasteiger charge is -2.42. The number of nitrogens with zero attached hydrogens (tertiary/aromatic N) is 1. The predicted molar refractivity (Wildman–Crippen MR) is 98.9 cm³/mol. The van der Waals surface area contributed by atoms with Crippen molar-refractivity contribution >= 4 is 33.4 Å². The molecule has 1 heterocycles. The number of fused-ring (bicyclic) bond motifs is 1. The van der Waals surface area contributed by atoms with E-state index in [1.807, 2.05) is 24.0 Å². The fraction of sp³-hybridized carbons (Fsp3) is 0.444. The second kappa shape index (κ2) is 7.84.